The lowest BCUT2D eigenvalue weighted by Gasteiger charge is -2.34. The van der Waals surface area contributed by atoms with Gasteiger partial charge in [-0.05, 0) is 12.5 Å². The molecule has 3 heterocycles. The number of nitrogens with zero attached hydrogens (tertiary/aromatic N) is 3. The molecule has 74 valence electrons. The van der Waals surface area contributed by atoms with Gasteiger partial charge in [0.15, 0.2) is 0 Å². The van der Waals surface area contributed by atoms with Gasteiger partial charge in [-0.15, -0.1) is 0 Å². The van der Waals surface area contributed by atoms with Crippen LogP contribution in [0.5, 0.6) is 0 Å². The number of hydrogen-bond donors (Lipinski definition) is 0. The molecule has 0 amide bonds. The molecule has 3 nitrogen and oxygen atoms in total. The average molecular weight is 189 g/mol. The molecular weight excluding hydrogens is 174 g/mol. The standard InChI is InChI=1S/C11H15N3/c1-3-10(9-12-4-1)11-13-5-2-6-14(11)8-7-13/h1,3-4,9,11H,2,5-8H2. The first-order chi connectivity index (χ1) is 6.95. The Labute approximate surface area is 84.3 Å². The van der Waals surface area contributed by atoms with Crippen LogP contribution >= 0.6 is 0 Å². The highest BCUT2D eigenvalue weighted by atomic mass is 15.4. The van der Waals surface area contributed by atoms with Crippen molar-refractivity contribution in [1.82, 2.24) is 14.8 Å². The van der Waals surface area contributed by atoms with Gasteiger partial charge in [0.1, 0.15) is 0 Å². The van der Waals surface area contributed by atoms with Gasteiger partial charge >= 0.3 is 0 Å². The first kappa shape index (κ1) is 8.38. The summed E-state index contributed by atoms with van der Waals surface area (Å²) in [7, 11) is 0. The molecule has 0 radical (unpaired) electrons. The van der Waals surface area contributed by atoms with E-state index in [-0.39, 0.29) is 0 Å². The Kier molecular flexibility index (Phi) is 2.00. The molecule has 2 saturated heterocycles. The maximum absolute atomic E-state index is 4.20. The van der Waals surface area contributed by atoms with Crippen molar-refractivity contribution in [2.75, 3.05) is 26.2 Å². The molecule has 2 bridgehead atoms. The average Bonchev–Trinajstić information content (AvgIpc) is 2.50. The van der Waals surface area contributed by atoms with Crippen molar-refractivity contribution in [2.24, 2.45) is 0 Å². The fraction of sp³-hybridized carbons (Fsp3) is 0.545. The van der Waals surface area contributed by atoms with E-state index in [0.717, 1.165) is 0 Å². The molecule has 2 aliphatic heterocycles. The Morgan fingerprint density at radius 2 is 1.93 bits per heavy atom. The van der Waals surface area contributed by atoms with Crippen molar-refractivity contribution < 1.29 is 0 Å². The van der Waals surface area contributed by atoms with Crippen LogP contribution in [-0.4, -0.2) is 41.0 Å². The number of aromatic nitrogens is 1. The summed E-state index contributed by atoms with van der Waals surface area (Å²) in [5, 5.41) is 0. The summed E-state index contributed by atoms with van der Waals surface area (Å²) < 4.78 is 0. The molecule has 2 fully saturated rings. The third-order valence-corrected chi connectivity index (χ3v) is 3.24. The predicted octanol–water partition coefficient (Wildman–Crippen LogP) is 1.10. The summed E-state index contributed by atoms with van der Waals surface area (Å²) >= 11 is 0. The summed E-state index contributed by atoms with van der Waals surface area (Å²) in [5.41, 5.74) is 1.35. The molecule has 2 atom stereocenters. The predicted molar refractivity (Wildman–Crippen MR) is 54.7 cm³/mol. The Balaban J connectivity index is 1.92. The molecule has 2 aliphatic rings. The molecule has 3 heteroatoms. The molecule has 0 N–H and O–H groups in total. The van der Waals surface area contributed by atoms with E-state index < -0.39 is 0 Å². The highest BCUT2D eigenvalue weighted by molar-refractivity contribution is 5.15. The summed E-state index contributed by atoms with van der Waals surface area (Å²) in [5.74, 6) is 0. The largest absolute Gasteiger partial charge is 0.283 e. The minimum Gasteiger partial charge on any atom is -0.283 e. The smallest absolute Gasteiger partial charge is 0.0902 e. The summed E-state index contributed by atoms with van der Waals surface area (Å²) in [6.45, 7) is 4.94. The van der Waals surface area contributed by atoms with E-state index in [1.165, 1.54) is 38.2 Å². The Hall–Kier alpha value is -0.930. The van der Waals surface area contributed by atoms with E-state index >= 15 is 0 Å². The van der Waals surface area contributed by atoms with Crippen molar-refractivity contribution in [3.8, 4) is 0 Å². The number of fused-ring (bicyclic) bond motifs is 2. The van der Waals surface area contributed by atoms with Gasteiger partial charge in [0.25, 0.3) is 0 Å². The number of hydrogen-bond acceptors (Lipinski definition) is 3. The minimum atomic E-state index is 0.512. The molecule has 0 saturated carbocycles. The Morgan fingerprint density at radius 1 is 1.14 bits per heavy atom. The molecule has 0 spiro atoms. The quantitative estimate of drug-likeness (QED) is 0.659. The van der Waals surface area contributed by atoms with Crippen molar-refractivity contribution in [2.45, 2.75) is 12.6 Å². The van der Waals surface area contributed by atoms with Crippen molar-refractivity contribution >= 4 is 0 Å². The van der Waals surface area contributed by atoms with E-state index in [4.69, 9.17) is 0 Å². The van der Waals surface area contributed by atoms with E-state index in [9.17, 15) is 0 Å². The molecular formula is C11H15N3. The van der Waals surface area contributed by atoms with Gasteiger partial charge in [0, 0.05) is 44.1 Å². The summed E-state index contributed by atoms with van der Waals surface area (Å²) in [6.07, 6.45) is 5.68. The summed E-state index contributed by atoms with van der Waals surface area (Å²) in [6, 6.07) is 4.22. The van der Waals surface area contributed by atoms with E-state index in [1.54, 1.807) is 0 Å². The lowest BCUT2D eigenvalue weighted by molar-refractivity contribution is 0.0925. The van der Waals surface area contributed by atoms with Crippen LogP contribution in [0.1, 0.15) is 18.2 Å². The van der Waals surface area contributed by atoms with Gasteiger partial charge < -0.3 is 0 Å². The van der Waals surface area contributed by atoms with E-state index in [2.05, 4.69) is 20.9 Å². The van der Waals surface area contributed by atoms with Crippen molar-refractivity contribution in [3.63, 3.8) is 0 Å². The zero-order valence-electron chi connectivity index (χ0n) is 8.26. The number of pyridine rings is 1. The lowest BCUT2D eigenvalue weighted by atomic mass is 10.1. The normalized spacial score (nSPS) is 35.9. The van der Waals surface area contributed by atoms with Gasteiger partial charge in [-0.1, -0.05) is 6.07 Å². The monoisotopic (exact) mass is 189 g/mol. The fourth-order valence-corrected chi connectivity index (χ4v) is 2.63. The minimum absolute atomic E-state index is 0.512. The third kappa shape index (κ3) is 1.24. The zero-order chi connectivity index (χ0) is 9.38. The lowest BCUT2D eigenvalue weighted by Crippen LogP contribution is -2.37. The van der Waals surface area contributed by atoms with Crippen molar-refractivity contribution in [1.29, 1.82) is 0 Å². The molecule has 14 heavy (non-hydrogen) atoms. The highest BCUT2D eigenvalue weighted by Gasteiger charge is 2.35. The van der Waals surface area contributed by atoms with E-state index in [1.807, 2.05) is 18.5 Å². The molecule has 2 unspecified atom stereocenters. The van der Waals surface area contributed by atoms with Crippen LogP contribution < -0.4 is 0 Å². The van der Waals surface area contributed by atoms with Gasteiger partial charge in [-0.2, -0.15) is 0 Å². The van der Waals surface area contributed by atoms with Crippen LogP contribution in [0.4, 0.5) is 0 Å². The van der Waals surface area contributed by atoms with Crippen LogP contribution in [0.25, 0.3) is 0 Å². The fourth-order valence-electron chi connectivity index (χ4n) is 2.63. The van der Waals surface area contributed by atoms with Gasteiger partial charge in [-0.3, -0.25) is 14.8 Å². The van der Waals surface area contributed by atoms with Gasteiger partial charge in [-0.25, -0.2) is 0 Å². The zero-order valence-corrected chi connectivity index (χ0v) is 8.26. The second kappa shape index (κ2) is 3.33. The molecule has 0 aromatic carbocycles. The first-order valence-electron chi connectivity index (χ1n) is 5.33. The van der Waals surface area contributed by atoms with Crippen LogP contribution in [0, 0.1) is 0 Å². The molecule has 1 aromatic heterocycles. The SMILES string of the molecule is c1cncc(C2N3CCCN2CC3)c1. The van der Waals surface area contributed by atoms with Crippen LogP contribution in [-0.2, 0) is 0 Å². The molecule has 0 aliphatic carbocycles. The first-order valence-corrected chi connectivity index (χ1v) is 5.33. The van der Waals surface area contributed by atoms with Crippen molar-refractivity contribution in [3.05, 3.63) is 30.1 Å². The van der Waals surface area contributed by atoms with Gasteiger partial charge in [0.05, 0.1) is 6.17 Å². The van der Waals surface area contributed by atoms with Crippen LogP contribution in [0.15, 0.2) is 24.5 Å². The Morgan fingerprint density at radius 3 is 2.57 bits per heavy atom. The van der Waals surface area contributed by atoms with Gasteiger partial charge in [0.2, 0.25) is 0 Å². The molecule has 1 aromatic rings. The summed E-state index contributed by atoms with van der Waals surface area (Å²) in [4.78, 5) is 9.32. The molecule has 3 rings (SSSR count). The third-order valence-electron chi connectivity index (χ3n) is 3.24. The van der Waals surface area contributed by atoms with Crippen LogP contribution in [0.3, 0.4) is 0 Å². The Bertz CT molecular complexity index is 296. The highest BCUT2D eigenvalue weighted by Crippen LogP contribution is 2.32. The maximum atomic E-state index is 4.20. The maximum Gasteiger partial charge on any atom is 0.0902 e. The van der Waals surface area contributed by atoms with Crippen LogP contribution in [0.2, 0.25) is 0 Å². The second-order valence-electron chi connectivity index (χ2n) is 4.09. The number of rotatable bonds is 1. The van der Waals surface area contributed by atoms with E-state index in [0.29, 0.717) is 6.17 Å². The topological polar surface area (TPSA) is 19.4 Å². The second-order valence-corrected chi connectivity index (χ2v) is 4.09.